The molecule has 1 heterocycles. The van der Waals surface area contributed by atoms with E-state index in [0.29, 0.717) is 0 Å². The van der Waals surface area contributed by atoms with Crippen molar-refractivity contribution in [1.29, 1.82) is 0 Å². The Morgan fingerprint density at radius 2 is 2.10 bits per heavy atom. The fourth-order valence-corrected chi connectivity index (χ4v) is 4.39. The van der Waals surface area contributed by atoms with Crippen LogP contribution in [0.3, 0.4) is 0 Å². The van der Waals surface area contributed by atoms with Gasteiger partial charge in [0.2, 0.25) is 0 Å². The average Bonchev–Trinajstić information content (AvgIpc) is 3.04. The molecule has 106 valence electrons. The summed E-state index contributed by atoms with van der Waals surface area (Å²) in [5.74, 6) is 0. The molecule has 0 bridgehead atoms. The van der Waals surface area contributed by atoms with Crippen molar-refractivity contribution in [3.8, 4) is 0 Å². The minimum Gasteiger partial charge on any atom is -0.306 e. The molecule has 20 heavy (non-hydrogen) atoms. The van der Waals surface area contributed by atoms with Gasteiger partial charge in [-0.3, -0.25) is 0 Å². The van der Waals surface area contributed by atoms with Crippen LogP contribution in [-0.4, -0.2) is 6.54 Å². The number of hydrogen-bond acceptors (Lipinski definition) is 2. The van der Waals surface area contributed by atoms with E-state index in [1.165, 1.54) is 46.4 Å². The molecule has 0 spiro atoms. The van der Waals surface area contributed by atoms with Crippen LogP contribution in [0.15, 0.2) is 23.6 Å². The third-order valence-electron chi connectivity index (χ3n) is 4.05. The first-order valence-electron chi connectivity index (χ1n) is 7.29. The van der Waals surface area contributed by atoms with Crippen LogP contribution in [0.5, 0.6) is 0 Å². The first-order chi connectivity index (χ1) is 9.70. The zero-order chi connectivity index (χ0) is 14.1. The number of halogens is 1. The smallest absolute Gasteiger partial charge is 0.0686 e. The molecule has 1 aromatic carbocycles. The van der Waals surface area contributed by atoms with E-state index < -0.39 is 0 Å². The van der Waals surface area contributed by atoms with E-state index >= 15 is 0 Å². The summed E-state index contributed by atoms with van der Waals surface area (Å²) in [6, 6.07) is 7.16. The SMILES string of the molecule is CCNC(c1ccc2c(c1)CCC2)c1scc(C)c1Cl. The molecule has 0 amide bonds. The van der Waals surface area contributed by atoms with Gasteiger partial charge >= 0.3 is 0 Å². The number of fused-ring (bicyclic) bond motifs is 1. The highest BCUT2D eigenvalue weighted by Crippen LogP contribution is 2.37. The van der Waals surface area contributed by atoms with Crippen molar-refractivity contribution < 1.29 is 0 Å². The van der Waals surface area contributed by atoms with Gasteiger partial charge in [0.15, 0.2) is 0 Å². The van der Waals surface area contributed by atoms with E-state index in [4.69, 9.17) is 11.6 Å². The molecule has 0 radical (unpaired) electrons. The van der Waals surface area contributed by atoms with Crippen LogP contribution in [0, 0.1) is 6.92 Å². The lowest BCUT2D eigenvalue weighted by Crippen LogP contribution is -2.21. The van der Waals surface area contributed by atoms with Gasteiger partial charge in [0, 0.05) is 4.88 Å². The van der Waals surface area contributed by atoms with Crippen LogP contribution in [0.4, 0.5) is 0 Å². The predicted octanol–water partition coefficient (Wildman–Crippen LogP) is 4.90. The maximum atomic E-state index is 6.48. The molecule has 3 heteroatoms. The summed E-state index contributed by atoms with van der Waals surface area (Å²) in [5, 5.41) is 6.65. The second kappa shape index (κ2) is 5.88. The van der Waals surface area contributed by atoms with E-state index in [1.54, 1.807) is 11.3 Å². The van der Waals surface area contributed by atoms with E-state index in [9.17, 15) is 0 Å². The molecule has 0 saturated heterocycles. The third kappa shape index (κ3) is 2.52. The summed E-state index contributed by atoms with van der Waals surface area (Å²) in [6.07, 6.45) is 3.75. The average molecular weight is 306 g/mol. The zero-order valence-electron chi connectivity index (χ0n) is 12.0. The Bertz CT molecular complexity index is 617. The standard InChI is InChI=1S/C17H20ClNS/c1-3-19-16(17-15(18)11(2)10-20-17)14-8-7-12-5-4-6-13(12)9-14/h7-10,16,19H,3-6H2,1-2H3. The molecule has 1 atom stereocenters. The summed E-state index contributed by atoms with van der Waals surface area (Å²) in [6.45, 7) is 5.16. The van der Waals surface area contributed by atoms with Gasteiger partial charge in [0.25, 0.3) is 0 Å². The van der Waals surface area contributed by atoms with Crippen LogP contribution >= 0.6 is 22.9 Å². The molecule has 1 unspecified atom stereocenters. The molecule has 1 aliphatic rings. The fourth-order valence-electron chi connectivity index (χ4n) is 2.98. The van der Waals surface area contributed by atoms with Crippen LogP contribution in [0.2, 0.25) is 5.02 Å². The monoisotopic (exact) mass is 305 g/mol. The van der Waals surface area contributed by atoms with Crippen LogP contribution in [-0.2, 0) is 12.8 Å². The van der Waals surface area contributed by atoms with Gasteiger partial charge in [-0.2, -0.15) is 0 Å². The quantitative estimate of drug-likeness (QED) is 0.847. The van der Waals surface area contributed by atoms with Crippen molar-refractivity contribution in [2.45, 2.75) is 39.2 Å². The van der Waals surface area contributed by atoms with Crippen LogP contribution in [0.25, 0.3) is 0 Å². The Kier molecular flexibility index (Phi) is 4.16. The Morgan fingerprint density at radius 1 is 1.30 bits per heavy atom. The van der Waals surface area contributed by atoms with Crippen molar-refractivity contribution in [3.05, 3.63) is 55.7 Å². The molecule has 1 aromatic heterocycles. The summed E-state index contributed by atoms with van der Waals surface area (Å²) in [5.41, 5.74) is 5.57. The molecule has 1 nitrogen and oxygen atoms in total. The molecule has 1 N–H and O–H groups in total. The third-order valence-corrected chi connectivity index (χ3v) is 5.83. The van der Waals surface area contributed by atoms with Gasteiger partial charge in [0.05, 0.1) is 11.1 Å². The predicted molar refractivity (Wildman–Crippen MR) is 88.1 cm³/mol. The molecule has 0 saturated carbocycles. The lowest BCUT2D eigenvalue weighted by molar-refractivity contribution is 0.639. The number of aryl methyl sites for hydroxylation is 3. The number of nitrogens with one attached hydrogen (secondary N) is 1. The Morgan fingerprint density at radius 3 is 2.80 bits per heavy atom. The van der Waals surface area contributed by atoms with Gasteiger partial charge in [-0.25, -0.2) is 0 Å². The lowest BCUT2D eigenvalue weighted by atomic mass is 9.99. The molecule has 3 rings (SSSR count). The topological polar surface area (TPSA) is 12.0 Å². The molecule has 1 aliphatic carbocycles. The summed E-state index contributed by atoms with van der Waals surface area (Å²) in [4.78, 5) is 1.24. The molecule has 0 aliphatic heterocycles. The fraction of sp³-hybridized carbons (Fsp3) is 0.412. The first-order valence-corrected chi connectivity index (χ1v) is 8.55. The first kappa shape index (κ1) is 14.1. The van der Waals surface area contributed by atoms with Crippen molar-refractivity contribution in [2.24, 2.45) is 0 Å². The Hall–Kier alpha value is -0.830. The van der Waals surface area contributed by atoms with E-state index in [-0.39, 0.29) is 6.04 Å². The number of hydrogen-bond donors (Lipinski definition) is 1. The number of benzene rings is 1. The largest absolute Gasteiger partial charge is 0.306 e. The minimum atomic E-state index is 0.220. The molecule has 0 fully saturated rings. The van der Waals surface area contributed by atoms with E-state index in [2.05, 4.69) is 42.7 Å². The highest BCUT2D eigenvalue weighted by atomic mass is 35.5. The summed E-state index contributed by atoms with van der Waals surface area (Å²) < 4.78 is 0. The van der Waals surface area contributed by atoms with Crippen LogP contribution in [0.1, 0.15) is 46.5 Å². The lowest BCUT2D eigenvalue weighted by Gasteiger charge is -2.19. The van der Waals surface area contributed by atoms with Gasteiger partial charge in [-0.1, -0.05) is 36.7 Å². The second-order valence-electron chi connectivity index (χ2n) is 5.47. The van der Waals surface area contributed by atoms with Crippen molar-refractivity contribution >= 4 is 22.9 Å². The van der Waals surface area contributed by atoms with E-state index in [1.807, 2.05) is 0 Å². The molecular formula is C17H20ClNS. The van der Waals surface area contributed by atoms with Gasteiger partial charge in [0.1, 0.15) is 0 Å². The molecular weight excluding hydrogens is 286 g/mol. The van der Waals surface area contributed by atoms with Gasteiger partial charge in [-0.05, 0) is 60.4 Å². The van der Waals surface area contributed by atoms with Crippen molar-refractivity contribution in [3.63, 3.8) is 0 Å². The molecule has 2 aromatic rings. The van der Waals surface area contributed by atoms with Crippen LogP contribution < -0.4 is 5.32 Å². The van der Waals surface area contributed by atoms with Gasteiger partial charge < -0.3 is 5.32 Å². The Labute approximate surface area is 130 Å². The van der Waals surface area contributed by atoms with Crippen molar-refractivity contribution in [1.82, 2.24) is 5.32 Å². The number of rotatable bonds is 4. The maximum absolute atomic E-state index is 6.48. The van der Waals surface area contributed by atoms with Gasteiger partial charge in [-0.15, -0.1) is 11.3 Å². The zero-order valence-corrected chi connectivity index (χ0v) is 13.6. The van der Waals surface area contributed by atoms with E-state index in [0.717, 1.165) is 11.6 Å². The van der Waals surface area contributed by atoms with Crippen molar-refractivity contribution in [2.75, 3.05) is 6.54 Å². The summed E-state index contributed by atoms with van der Waals surface area (Å²) in [7, 11) is 0. The second-order valence-corrected chi connectivity index (χ2v) is 6.76. The number of thiophene rings is 1. The highest BCUT2D eigenvalue weighted by Gasteiger charge is 2.21. The highest BCUT2D eigenvalue weighted by molar-refractivity contribution is 7.10. The summed E-state index contributed by atoms with van der Waals surface area (Å²) >= 11 is 8.23. The maximum Gasteiger partial charge on any atom is 0.0686 e. The minimum absolute atomic E-state index is 0.220. The normalized spacial score (nSPS) is 15.3. The Balaban J connectivity index is 2.00.